The highest BCUT2D eigenvalue weighted by atomic mass is 16.5. The van der Waals surface area contributed by atoms with E-state index in [1.165, 1.54) is 7.11 Å². The van der Waals surface area contributed by atoms with E-state index in [0.29, 0.717) is 6.42 Å². The molecule has 0 bridgehead atoms. The Morgan fingerprint density at radius 1 is 1.47 bits per heavy atom. The van der Waals surface area contributed by atoms with Crippen molar-refractivity contribution in [2.24, 2.45) is 11.8 Å². The zero-order chi connectivity index (χ0) is 12.9. The van der Waals surface area contributed by atoms with E-state index in [2.05, 4.69) is 6.92 Å². The van der Waals surface area contributed by atoms with Crippen molar-refractivity contribution in [1.29, 1.82) is 0 Å². The van der Waals surface area contributed by atoms with Gasteiger partial charge in [-0.15, -0.1) is 0 Å². The van der Waals surface area contributed by atoms with E-state index in [0.717, 1.165) is 25.7 Å². The standard InChI is InChI=1S/C13H24O4/c1-4-5-6-11(12(14)17-3)13(15,9-16-2)10-7-8-10/h10-11,15H,4-9H2,1-3H3. The van der Waals surface area contributed by atoms with Crippen molar-refractivity contribution in [2.45, 2.75) is 44.6 Å². The molecule has 4 nitrogen and oxygen atoms in total. The topological polar surface area (TPSA) is 55.8 Å². The Labute approximate surface area is 103 Å². The van der Waals surface area contributed by atoms with Crippen molar-refractivity contribution in [1.82, 2.24) is 0 Å². The highest BCUT2D eigenvalue weighted by molar-refractivity contribution is 5.74. The van der Waals surface area contributed by atoms with Crippen LogP contribution in [0.1, 0.15) is 39.0 Å². The van der Waals surface area contributed by atoms with Crippen molar-refractivity contribution < 1.29 is 19.4 Å². The lowest BCUT2D eigenvalue weighted by Crippen LogP contribution is -2.48. The van der Waals surface area contributed by atoms with E-state index in [9.17, 15) is 9.90 Å². The minimum absolute atomic E-state index is 0.184. The largest absolute Gasteiger partial charge is 0.469 e. The fourth-order valence-electron chi connectivity index (χ4n) is 2.44. The summed E-state index contributed by atoms with van der Waals surface area (Å²) in [5.41, 5.74) is -1.04. The van der Waals surface area contributed by atoms with Crippen LogP contribution in [0.15, 0.2) is 0 Å². The maximum atomic E-state index is 11.8. The molecule has 100 valence electrons. The molecule has 0 aromatic carbocycles. The van der Waals surface area contributed by atoms with Gasteiger partial charge >= 0.3 is 5.97 Å². The Morgan fingerprint density at radius 2 is 2.12 bits per heavy atom. The number of carbonyl (C=O) groups excluding carboxylic acids is 1. The number of methoxy groups -OCH3 is 2. The maximum Gasteiger partial charge on any atom is 0.311 e. The first kappa shape index (κ1) is 14.5. The van der Waals surface area contributed by atoms with Gasteiger partial charge in [0.25, 0.3) is 0 Å². The smallest absolute Gasteiger partial charge is 0.311 e. The number of unbranched alkanes of at least 4 members (excludes halogenated alkanes) is 1. The number of carbonyl (C=O) groups is 1. The molecule has 2 atom stereocenters. The van der Waals surface area contributed by atoms with Gasteiger partial charge in [0.05, 0.1) is 19.6 Å². The molecule has 1 fully saturated rings. The van der Waals surface area contributed by atoms with Gasteiger partial charge in [0.1, 0.15) is 5.60 Å². The van der Waals surface area contributed by atoms with Crippen LogP contribution in [0, 0.1) is 11.8 Å². The third kappa shape index (κ3) is 3.42. The molecule has 17 heavy (non-hydrogen) atoms. The summed E-state index contributed by atoms with van der Waals surface area (Å²) in [4.78, 5) is 11.8. The molecule has 1 N–H and O–H groups in total. The number of esters is 1. The van der Waals surface area contributed by atoms with Crippen LogP contribution in [0.25, 0.3) is 0 Å². The van der Waals surface area contributed by atoms with Crippen molar-refractivity contribution in [3.05, 3.63) is 0 Å². The van der Waals surface area contributed by atoms with Gasteiger partial charge in [0, 0.05) is 7.11 Å². The molecule has 0 aromatic heterocycles. The Morgan fingerprint density at radius 3 is 2.53 bits per heavy atom. The molecule has 2 unspecified atom stereocenters. The summed E-state index contributed by atoms with van der Waals surface area (Å²) in [6.45, 7) is 2.28. The van der Waals surface area contributed by atoms with Crippen LogP contribution in [0.5, 0.6) is 0 Å². The first-order valence-electron chi connectivity index (χ1n) is 6.39. The summed E-state index contributed by atoms with van der Waals surface area (Å²) in [6, 6.07) is 0. The average Bonchev–Trinajstić information content (AvgIpc) is 3.13. The minimum atomic E-state index is -1.04. The second-order valence-electron chi connectivity index (χ2n) is 4.92. The molecule has 0 radical (unpaired) electrons. The Hall–Kier alpha value is -0.610. The van der Waals surface area contributed by atoms with Crippen LogP contribution in [-0.2, 0) is 14.3 Å². The molecule has 1 rings (SSSR count). The summed E-state index contributed by atoms with van der Waals surface area (Å²) in [6.07, 6.45) is 4.53. The van der Waals surface area contributed by atoms with E-state index in [1.54, 1.807) is 7.11 Å². The Balaban J connectivity index is 2.79. The number of hydrogen-bond acceptors (Lipinski definition) is 4. The molecule has 0 spiro atoms. The molecule has 0 heterocycles. The zero-order valence-electron chi connectivity index (χ0n) is 11.1. The molecule has 0 aromatic rings. The predicted octanol–water partition coefficient (Wildman–Crippen LogP) is 1.75. The van der Waals surface area contributed by atoms with Crippen LogP contribution in [0.3, 0.4) is 0 Å². The van der Waals surface area contributed by atoms with Gasteiger partial charge in [-0.05, 0) is 25.2 Å². The first-order chi connectivity index (χ1) is 8.10. The van der Waals surface area contributed by atoms with Gasteiger partial charge in [0.15, 0.2) is 0 Å². The van der Waals surface area contributed by atoms with Crippen LogP contribution >= 0.6 is 0 Å². The Kier molecular flexibility index (Phi) is 5.40. The average molecular weight is 244 g/mol. The van der Waals surface area contributed by atoms with Crippen molar-refractivity contribution in [2.75, 3.05) is 20.8 Å². The highest BCUT2D eigenvalue weighted by Gasteiger charge is 2.52. The van der Waals surface area contributed by atoms with Crippen LogP contribution in [0.2, 0.25) is 0 Å². The fraction of sp³-hybridized carbons (Fsp3) is 0.923. The second-order valence-corrected chi connectivity index (χ2v) is 4.92. The summed E-state index contributed by atoms with van der Waals surface area (Å²) in [5, 5.41) is 10.7. The van der Waals surface area contributed by atoms with Gasteiger partial charge in [0.2, 0.25) is 0 Å². The Bertz CT molecular complexity index is 250. The number of rotatable bonds is 8. The highest BCUT2D eigenvalue weighted by Crippen LogP contribution is 2.45. The molecule has 0 aliphatic heterocycles. The van der Waals surface area contributed by atoms with Gasteiger partial charge in [-0.2, -0.15) is 0 Å². The molecule has 1 saturated carbocycles. The van der Waals surface area contributed by atoms with Crippen LogP contribution < -0.4 is 0 Å². The molecule has 0 saturated heterocycles. The van der Waals surface area contributed by atoms with Gasteiger partial charge in [-0.3, -0.25) is 4.79 Å². The lowest BCUT2D eigenvalue weighted by Gasteiger charge is -2.34. The van der Waals surface area contributed by atoms with Gasteiger partial charge in [-0.1, -0.05) is 19.8 Å². The lowest BCUT2D eigenvalue weighted by atomic mass is 9.80. The van der Waals surface area contributed by atoms with E-state index < -0.39 is 11.5 Å². The first-order valence-corrected chi connectivity index (χ1v) is 6.39. The molecule has 1 aliphatic rings. The molecule has 1 aliphatic carbocycles. The second kappa shape index (κ2) is 6.36. The number of aliphatic hydroxyl groups is 1. The third-order valence-electron chi connectivity index (χ3n) is 3.60. The monoisotopic (exact) mass is 244 g/mol. The SMILES string of the molecule is CCCCC(C(=O)OC)C(O)(COC)C1CC1. The molecule has 0 amide bonds. The number of hydrogen-bond donors (Lipinski definition) is 1. The zero-order valence-corrected chi connectivity index (χ0v) is 11.1. The predicted molar refractivity (Wildman–Crippen MR) is 64.6 cm³/mol. The van der Waals surface area contributed by atoms with Crippen LogP contribution in [0.4, 0.5) is 0 Å². The van der Waals surface area contributed by atoms with Crippen molar-refractivity contribution >= 4 is 5.97 Å². The summed E-state index contributed by atoms with van der Waals surface area (Å²) in [7, 11) is 2.93. The maximum absolute atomic E-state index is 11.8. The molecular weight excluding hydrogens is 220 g/mol. The fourth-order valence-corrected chi connectivity index (χ4v) is 2.44. The van der Waals surface area contributed by atoms with Crippen molar-refractivity contribution in [3.8, 4) is 0 Å². The van der Waals surface area contributed by atoms with Gasteiger partial charge in [-0.25, -0.2) is 0 Å². The quantitative estimate of drug-likeness (QED) is 0.661. The molecule has 4 heteroatoms. The van der Waals surface area contributed by atoms with E-state index in [1.807, 2.05) is 0 Å². The van der Waals surface area contributed by atoms with Gasteiger partial charge < -0.3 is 14.6 Å². The third-order valence-corrected chi connectivity index (χ3v) is 3.60. The summed E-state index contributed by atoms with van der Waals surface area (Å²) >= 11 is 0. The van der Waals surface area contributed by atoms with Crippen molar-refractivity contribution in [3.63, 3.8) is 0 Å². The van der Waals surface area contributed by atoms with E-state index in [-0.39, 0.29) is 18.5 Å². The van der Waals surface area contributed by atoms with Crippen LogP contribution in [-0.4, -0.2) is 37.5 Å². The summed E-state index contributed by atoms with van der Waals surface area (Å²) in [5.74, 6) is -0.590. The van der Waals surface area contributed by atoms with E-state index >= 15 is 0 Å². The molecular formula is C13H24O4. The van der Waals surface area contributed by atoms with E-state index in [4.69, 9.17) is 9.47 Å². The lowest BCUT2D eigenvalue weighted by molar-refractivity contribution is -0.164. The normalized spacial score (nSPS) is 20.7. The minimum Gasteiger partial charge on any atom is -0.469 e. The number of ether oxygens (including phenoxy) is 2. The summed E-state index contributed by atoms with van der Waals surface area (Å²) < 4.78 is 9.93.